The van der Waals surface area contributed by atoms with Crippen molar-refractivity contribution in [3.8, 4) is 0 Å². The summed E-state index contributed by atoms with van der Waals surface area (Å²) in [6, 6.07) is -0.157. The summed E-state index contributed by atoms with van der Waals surface area (Å²) in [4.78, 5) is 26.5. The van der Waals surface area contributed by atoms with Crippen LogP contribution in [-0.4, -0.2) is 85.3 Å². The molecule has 0 aromatic rings. The number of amides is 1. The average Bonchev–Trinajstić information content (AvgIpc) is 2.87. The quantitative estimate of drug-likeness (QED) is 0.654. The standard InChI is InChI=1S/C12H21N3O4/c1-19-9-6-10(13-7-9)12(18)15-4-2-14(3-5-15)8-11(16)17/h9-10,13H,2-8H2,1H3,(H,16,17). The van der Waals surface area contributed by atoms with Gasteiger partial charge in [0.05, 0.1) is 18.7 Å². The van der Waals surface area contributed by atoms with Gasteiger partial charge in [-0.2, -0.15) is 0 Å². The Morgan fingerprint density at radius 3 is 2.53 bits per heavy atom. The number of methoxy groups -OCH3 is 1. The number of hydrogen-bond acceptors (Lipinski definition) is 5. The zero-order valence-corrected chi connectivity index (χ0v) is 11.2. The maximum Gasteiger partial charge on any atom is 0.317 e. The van der Waals surface area contributed by atoms with Crippen LogP contribution in [0.5, 0.6) is 0 Å². The number of piperazine rings is 1. The Labute approximate surface area is 112 Å². The zero-order chi connectivity index (χ0) is 13.8. The van der Waals surface area contributed by atoms with Gasteiger partial charge in [0.15, 0.2) is 0 Å². The highest BCUT2D eigenvalue weighted by Crippen LogP contribution is 2.13. The van der Waals surface area contributed by atoms with Gasteiger partial charge in [-0.15, -0.1) is 0 Å². The molecule has 1 amide bonds. The van der Waals surface area contributed by atoms with Crippen LogP contribution in [0.4, 0.5) is 0 Å². The molecule has 2 aliphatic heterocycles. The van der Waals surface area contributed by atoms with Crippen LogP contribution in [0.2, 0.25) is 0 Å². The minimum absolute atomic E-state index is 0.0510. The average molecular weight is 271 g/mol. The van der Waals surface area contributed by atoms with E-state index in [1.807, 2.05) is 9.80 Å². The van der Waals surface area contributed by atoms with Gasteiger partial charge in [-0.05, 0) is 6.42 Å². The molecule has 19 heavy (non-hydrogen) atoms. The molecule has 2 rings (SSSR count). The van der Waals surface area contributed by atoms with Gasteiger partial charge < -0.3 is 20.1 Å². The molecule has 2 fully saturated rings. The maximum absolute atomic E-state index is 12.3. The second-order valence-electron chi connectivity index (χ2n) is 5.05. The van der Waals surface area contributed by atoms with Crippen molar-refractivity contribution in [2.45, 2.75) is 18.6 Å². The fourth-order valence-electron chi connectivity index (χ4n) is 2.61. The minimum atomic E-state index is -0.819. The second kappa shape index (κ2) is 6.31. The molecule has 2 aliphatic rings. The summed E-state index contributed by atoms with van der Waals surface area (Å²) in [6.45, 7) is 3.21. The Kier molecular flexibility index (Phi) is 4.73. The topological polar surface area (TPSA) is 82.1 Å². The minimum Gasteiger partial charge on any atom is -0.480 e. The Balaban J connectivity index is 1.78. The highest BCUT2D eigenvalue weighted by Gasteiger charge is 2.33. The van der Waals surface area contributed by atoms with E-state index in [9.17, 15) is 9.59 Å². The van der Waals surface area contributed by atoms with Crippen LogP contribution in [0.25, 0.3) is 0 Å². The molecule has 2 heterocycles. The maximum atomic E-state index is 12.3. The monoisotopic (exact) mass is 271 g/mol. The van der Waals surface area contributed by atoms with Crippen LogP contribution in [-0.2, 0) is 14.3 Å². The van der Waals surface area contributed by atoms with E-state index in [4.69, 9.17) is 9.84 Å². The summed E-state index contributed by atoms with van der Waals surface area (Å²) in [5, 5.41) is 11.9. The smallest absolute Gasteiger partial charge is 0.317 e. The van der Waals surface area contributed by atoms with Crippen LogP contribution in [0.3, 0.4) is 0 Å². The molecule has 2 saturated heterocycles. The van der Waals surface area contributed by atoms with Crippen molar-refractivity contribution < 1.29 is 19.4 Å². The first-order valence-electron chi connectivity index (χ1n) is 6.59. The molecule has 0 bridgehead atoms. The molecular formula is C12H21N3O4. The molecule has 0 aliphatic carbocycles. The third-order valence-electron chi connectivity index (χ3n) is 3.76. The van der Waals surface area contributed by atoms with Crippen molar-refractivity contribution in [1.29, 1.82) is 0 Å². The van der Waals surface area contributed by atoms with Crippen molar-refractivity contribution in [1.82, 2.24) is 15.1 Å². The van der Waals surface area contributed by atoms with Crippen LogP contribution in [0, 0.1) is 0 Å². The van der Waals surface area contributed by atoms with Crippen LogP contribution >= 0.6 is 0 Å². The predicted octanol–water partition coefficient (Wildman–Crippen LogP) is -1.41. The van der Waals surface area contributed by atoms with Gasteiger partial charge >= 0.3 is 5.97 Å². The SMILES string of the molecule is COC1CNC(C(=O)N2CCN(CC(=O)O)CC2)C1. The molecule has 2 N–H and O–H groups in total. The summed E-state index contributed by atoms with van der Waals surface area (Å²) in [6.07, 6.45) is 0.826. The molecular weight excluding hydrogens is 250 g/mol. The lowest BCUT2D eigenvalue weighted by molar-refractivity contribution is -0.139. The number of carbonyl (C=O) groups excluding carboxylic acids is 1. The Hall–Kier alpha value is -1.18. The van der Waals surface area contributed by atoms with Crippen molar-refractivity contribution in [2.24, 2.45) is 0 Å². The van der Waals surface area contributed by atoms with Crippen molar-refractivity contribution >= 4 is 11.9 Å². The first kappa shape index (κ1) is 14.2. The number of carbonyl (C=O) groups is 2. The van der Waals surface area contributed by atoms with E-state index >= 15 is 0 Å². The molecule has 108 valence electrons. The van der Waals surface area contributed by atoms with E-state index in [1.54, 1.807) is 7.11 Å². The third-order valence-corrected chi connectivity index (χ3v) is 3.76. The van der Waals surface area contributed by atoms with Crippen molar-refractivity contribution in [2.75, 3.05) is 46.4 Å². The molecule has 0 aromatic heterocycles. The van der Waals surface area contributed by atoms with E-state index in [2.05, 4.69) is 5.32 Å². The van der Waals surface area contributed by atoms with Crippen molar-refractivity contribution in [3.05, 3.63) is 0 Å². The normalized spacial score (nSPS) is 28.6. The lowest BCUT2D eigenvalue weighted by Gasteiger charge is -2.35. The summed E-state index contributed by atoms with van der Waals surface area (Å²) >= 11 is 0. The fraction of sp³-hybridized carbons (Fsp3) is 0.833. The summed E-state index contributed by atoms with van der Waals surface area (Å²) in [5.74, 6) is -0.713. The molecule has 2 atom stereocenters. The van der Waals surface area contributed by atoms with Gasteiger partial charge in [0.25, 0.3) is 0 Å². The molecule has 7 heteroatoms. The predicted molar refractivity (Wildman–Crippen MR) is 67.9 cm³/mol. The molecule has 0 radical (unpaired) electrons. The third kappa shape index (κ3) is 3.65. The van der Waals surface area contributed by atoms with Gasteiger partial charge in [-0.25, -0.2) is 0 Å². The van der Waals surface area contributed by atoms with Crippen molar-refractivity contribution in [3.63, 3.8) is 0 Å². The first-order chi connectivity index (χ1) is 9.10. The number of nitrogens with zero attached hydrogens (tertiary/aromatic N) is 2. The molecule has 0 saturated carbocycles. The van der Waals surface area contributed by atoms with Crippen LogP contribution in [0.15, 0.2) is 0 Å². The molecule has 0 aromatic carbocycles. The summed E-state index contributed by atoms with van der Waals surface area (Å²) in [7, 11) is 1.66. The Morgan fingerprint density at radius 1 is 1.32 bits per heavy atom. The highest BCUT2D eigenvalue weighted by molar-refractivity contribution is 5.82. The first-order valence-corrected chi connectivity index (χ1v) is 6.59. The van der Waals surface area contributed by atoms with Gasteiger partial charge in [0.2, 0.25) is 5.91 Å². The molecule has 7 nitrogen and oxygen atoms in total. The molecule has 2 unspecified atom stereocenters. The number of rotatable bonds is 4. The van der Waals surface area contributed by atoms with Gasteiger partial charge in [-0.3, -0.25) is 14.5 Å². The van der Waals surface area contributed by atoms with E-state index in [0.717, 1.165) is 0 Å². The lowest BCUT2D eigenvalue weighted by Crippen LogP contribution is -2.53. The second-order valence-corrected chi connectivity index (χ2v) is 5.05. The van der Waals surface area contributed by atoms with Gasteiger partial charge in [0, 0.05) is 39.8 Å². The van der Waals surface area contributed by atoms with Crippen LogP contribution < -0.4 is 5.32 Å². The largest absolute Gasteiger partial charge is 0.480 e. The number of carboxylic acids is 1. The fourth-order valence-corrected chi connectivity index (χ4v) is 2.61. The number of carboxylic acid groups (broad SMARTS) is 1. The summed E-state index contributed by atoms with van der Waals surface area (Å²) in [5.41, 5.74) is 0. The molecule has 0 spiro atoms. The van der Waals surface area contributed by atoms with E-state index in [-0.39, 0.29) is 24.6 Å². The van der Waals surface area contributed by atoms with Gasteiger partial charge in [-0.1, -0.05) is 0 Å². The van der Waals surface area contributed by atoms with E-state index < -0.39 is 5.97 Å². The Bertz CT molecular complexity index is 342. The van der Waals surface area contributed by atoms with E-state index in [0.29, 0.717) is 39.1 Å². The zero-order valence-electron chi connectivity index (χ0n) is 11.2. The van der Waals surface area contributed by atoms with Gasteiger partial charge in [0.1, 0.15) is 0 Å². The Morgan fingerprint density at radius 2 is 2.00 bits per heavy atom. The number of nitrogens with one attached hydrogen (secondary N) is 1. The lowest BCUT2D eigenvalue weighted by atomic mass is 10.1. The summed E-state index contributed by atoms with van der Waals surface area (Å²) < 4.78 is 5.23. The van der Waals surface area contributed by atoms with E-state index in [1.165, 1.54) is 0 Å². The highest BCUT2D eigenvalue weighted by atomic mass is 16.5. The van der Waals surface area contributed by atoms with Crippen LogP contribution in [0.1, 0.15) is 6.42 Å². The number of aliphatic carboxylic acids is 1. The number of ether oxygens (including phenoxy) is 1. The number of hydrogen-bond donors (Lipinski definition) is 2.